The van der Waals surface area contributed by atoms with E-state index in [0.717, 1.165) is 11.6 Å². The predicted molar refractivity (Wildman–Crippen MR) is 115 cm³/mol. The summed E-state index contributed by atoms with van der Waals surface area (Å²) in [5.41, 5.74) is 2.14. The number of H-pyrrole nitrogens is 1. The van der Waals surface area contributed by atoms with Gasteiger partial charge in [0.15, 0.2) is 0 Å². The van der Waals surface area contributed by atoms with Gasteiger partial charge in [0.05, 0.1) is 17.0 Å². The van der Waals surface area contributed by atoms with Gasteiger partial charge in [0, 0.05) is 23.9 Å². The highest BCUT2D eigenvalue weighted by Gasteiger charge is 2.35. The summed E-state index contributed by atoms with van der Waals surface area (Å²) in [7, 11) is -3.61. The first-order chi connectivity index (χ1) is 15.1. The Balaban J connectivity index is 1.54. The second-order valence-electron chi connectivity index (χ2n) is 8.13. The van der Waals surface area contributed by atoms with Crippen LogP contribution in [0.3, 0.4) is 0 Å². The molecule has 4 rings (SSSR count). The molecule has 1 aromatic heterocycles. The number of nitrogens with one attached hydrogen (secondary N) is 2. The second kappa shape index (κ2) is 8.59. The summed E-state index contributed by atoms with van der Waals surface area (Å²) < 4.78 is 63.7. The first kappa shape index (κ1) is 22.3. The van der Waals surface area contributed by atoms with Crippen molar-refractivity contribution < 1.29 is 26.4 Å². The van der Waals surface area contributed by atoms with Crippen LogP contribution in [0.5, 0.6) is 0 Å². The Morgan fingerprint density at radius 1 is 1.09 bits per heavy atom. The molecule has 0 radical (unpaired) electrons. The molecule has 0 aliphatic heterocycles. The molecular weight excluding hydrogens is 443 g/mol. The lowest BCUT2D eigenvalue weighted by atomic mass is 9.74. The van der Waals surface area contributed by atoms with Crippen LogP contribution in [-0.4, -0.2) is 31.1 Å². The fraction of sp³-hybridized carbons (Fsp3) is 0.318. The van der Waals surface area contributed by atoms with Crippen molar-refractivity contribution in [2.24, 2.45) is 5.14 Å². The molecule has 32 heavy (non-hydrogen) atoms. The number of hydrogen-bond acceptors (Lipinski definition) is 3. The molecule has 1 fully saturated rings. The molecule has 0 atom stereocenters. The lowest BCUT2D eigenvalue weighted by Gasteiger charge is -2.36. The molecule has 0 bridgehead atoms. The van der Waals surface area contributed by atoms with Crippen molar-refractivity contribution in [3.63, 3.8) is 0 Å². The lowest BCUT2D eigenvalue weighted by Crippen LogP contribution is -2.43. The van der Waals surface area contributed by atoms with E-state index in [-0.39, 0.29) is 42.0 Å². The van der Waals surface area contributed by atoms with Crippen LogP contribution in [0.15, 0.2) is 36.4 Å². The number of nitrogens with two attached hydrogens (primary N) is 1. The molecule has 1 amide bonds. The number of carbonyl (C=O) groups excluding carboxylic acids is 1. The minimum atomic E-state index is -3.61. The Morgan fingerprint density at radius 2 is 1.78 bits per heavy atom. The van der Waals surface area contributed by atoms with E-state index in [1.54, 1.807) is 12.1 Å². The van der Waals surface area contributed by atoms with E-state index < -0.39 is 27.5 Å². The average Bonchev–Trinajstić information content (AvgIpc) is 3.03. The maximum absolute atomic E-state index is 14.4. The summed E-state index contributed by atoms with van der Waals surface area (Å²) in [6.45, 7) is 0. The fourth-order valence-corrected chi connectivity index (χ4v) is 4.76. The van der Waals surface area contributed by atoms with E-state index in [9.17, 15) is 26.4 Å². The van der Waals surface area contributed by atoms with Gasteiger partial charge in [0.25, 0.3) is 0 Å². The van der Waals surface area contributed by atoms with Crippen molar-refractivity contribution in [2.75, 3.05) is 5.75 Å². The number of hydrogen-bond donors (Lipinski definition) is 3. The van der Waals surface area contributed by atoms with Gasteiger partial charge in [0.2, 0.25) is 15.9 Å². The highest BCUT2D eigenvalue weighted by Crippen LogP contribution is 2.45. The molecule has 1 heterocycles. The van der Waals surface area contributed by atoms with E-state index in [2.05, 4.69) is 10.3 Å². The van der Waals surface area contributed by atoms with Crippen LogP contribution in [-0.2, 0) is 14.8 Å². The molecule has 1 aliphatic carbocycles. The quantitative estimate of drug-likeness (QED) is 0.496. The zero-order chi connectivity index (χ0) is 23.0. The zero-order valence-corrected chi connectivity index (χ0v) is 17.8. The summed E-state index contributed by atoms with van der Waals surface area (Å²) in [5.74, 6) is -2.42. The Hall–Kier alpha value is -2.85. The van der Waals surface area contributed by atoms with Gasteiger partial charge in [-0.15, -0.1) is 0 Å². The van der Waals surface area contributed by atoms with Crippen LogP contribution in [0.25, 0.3) is 22.2 Å². The van der Waals surface area contributed by atoms with Crippen molar-refractivity contribution in [1.29, 1.82) is 0 Å². The van der Waals surface area contributed by atoms with Crippen LogP contribution in [0, 0.1) is 17.5 Å². The largest absolute Gasteiger partial charge is 0.353 e. The van der Waals surface area contributed by atoms with Gasteiger partial charge in [-0.2, -0.15) is 0 Å². The van der Waals surface area contributed by atoms with Gasteiger partial charge in [0.1, 0.15) is 17.5 Å². The second-order valence-corrected chi connectivity index (χ2v) is 9.87. The number of primary sulfonamides is 1. The van der Waals surface area contributed by atoms with E-state index in [1.165, 1.54) is 18.2 Å². The molecule has 1 saturated carbocycles. The zero-order valence-electron chi connectivity index (χ0n) is 17.0. The summed E-state index contributed by atoms with van der Waals surface area (Å²) in [6.07, 6.45) is 1.29. The molecule has 4 N–H and O–H groups in total. The van der Waals surface area contributed by atoms with Gasteiger partial charge in [-0.3, -0.25) is 4.79 Å². The fourth-order valence-electron chi connectivity index (χ4n) is 4.21. The average molecular weight is 465 g/mol. The molecule has 0 unspecified atom stereocenters. The van der Waals surface area contributed by atoms with Crippen molar-refractivity contribution in [1.82, 2.24) is 10.3 Å². The molecule has 10 heteroatoms. The summed E-state index contributed by atoms with van der Waals surface area (Å²) in [6, 6.07) is 7.69. The Labute approximate surface area is 183 Å². The molecule has 0 spiro atoms. The Kier molecular flexibility index (Phi) is 6.00. The number of fused-ring (bicyclic) bond motifs is 1. The van der Waals surface area contributed by atoms with Gasteiger partial charge in [-0.1, -0.05) is 0 Å². The lowest BCUT2D eigenvalue weighted by molar-refractivity contribution is -0.122. The first-order valence-corrected chi connectivity index (χ1v) is 11.9. The number of aromatic nitrogens is 1. The maximum atomic E-state index is 14.4. The molecule has 1 aliphatic rings. The minimum absolute atomic E-state index is 0.0436. The van der Waals surface area contributed by atoms with Gasteiger partial charge < -0.3 is 10.3 Å². The van der Waals surface area contributed by atoms with E-state index in [0.29, 0.717) is 29.5 Å². The molecule has 2 aromatic carbocycles. The molecule has 170 valence electrons. The molecule has 3 aromatic rings. The summed E-state index contributed by atoms with van der Waals surface area (Å²) in [4.78, 5) is 15.1. The Morgan fingerprint density at radius 3 is 2.44 bits per heavy atom. The summed E-state index contributed by atoms with van der Waals surface area (Å²) in [5, 5.41) is 8.20. The third-order valence-corrected chi connectivity index (χ3v) is 6.60. The number of halogens is 3. The summed E-state index contributed by atoms with van der Waals surface area (Å²) >= 11 is 0. The highest BCUT2D eigenvalue weighted by atomic mass is 32.2. The van der Waals surface area contributed by atoms with Crippen LogP contribution in [0.4, 0.5) is 13.2 Å². The smallest absolute Gasteiger partial charge is 0.220 e. The van der Waals surface area contributed by atoms with Crippen molar-refractivity contribution in [3.8, 4) is 11.3 Å². The number of aromatic amines is 1. The number of amides is 1. The van der Waals surface area contributed by atoms with Crippen LogP contribution >= 0.6 is 0 Å². The maximum Gasteiger partial charge on any atom is 0.220 e. The van der Waals surface area contributed by atoms with E-state index in [4.69, 9.17) is 5.14 Å². The van der Waals surface area contributed by atoms with Crippen molar-refractivity contribution >= 4 is 26.8 Å². The molecular formula is C22H22F3N3O3S. The predicted octanol–water partition coefficient (Wildman–Crippen LogP) is 3.68. The van der Waals surface area contributed by atoms with Crippen LogP contribution in [0.1, 0.15) is 37.2 Å². The Bertz CT molecular complexity index is 1270. The molecule has 6 nitrogen and oxygen atoms in total. The van der Waals surface area contributed by atoms with Gasteiger partial charge in [-0.25, -0.2) is 26.7 Å². The third-order valence-electron chi connectivity index (χ3n) is 5.74. The van der Waals surface area contributed by atoms with E-state index >= 15 is 0 Å². The van der Waals surface area contributed by atoms with Crippen molar-refractivity contribution in [2.45, 2.75) is 37.6 Å². The number of benzene rings is 2. The highest BCUT2D eigenvalue weighted by molar-refractivity contribution is 7.89. The standard InChI is InChI=1S/C22H22F3N3O3S/c23-14-5-3-12(4-6-14)21-20(17-10-15(24)11-18(25)22(17)28-21)13-8-16(9-13)27-19(29)2-1-7-32(26,30)31/h3-6,10-11,13,16,28H,1-2,7-9H2,(H,27,29)(H2,26,30,31)/t13-,16+. The van der Waals surface area contributed by atoms with E-state index in [1.807, 2.05) is 0 Å². The topological polar surface area (TPSA) is 105 Å². The van der Waals surface area contributed by atoms with Gasteiger partial charge >= 0.3 is 0 Å². The number of carbonyl (C=O) groups is 1. The first-order valence-electron chi connectivity index (χ1n) is 10.2. The minimum Gasteiger partial charge on any atom is -0.353 e. The number of sulfonamides is 1. The van der Waals surface area contributed by atoms with Crippen molar-refractivity contribution in [3.05, 3.63) is 59.4 Å². The third kappa shape index (κ3) is 4.81. The molecule has 0 saturated heterocycles. The van der Waals surface area contributed by atoms with Gasteiger partial charge in [-0.05, 0) is 66.6 Å². The SMILES string of the molecule is NS(=O)(=O)CCCC(=O)N[C@H]1C[C@@H](c2c(-c3ccc(F)cc3)[nH]c3c(F)cc(F)cc32)C1. The van der Waals surface area contributed by atoms with Crippen LogP contribution in [0.2, 0.25) is 0 Å². The van der Waals surface area contributed by atoms with Crippen LogP contribution < -0.4 is 10.5 Å². The normalized spacial score (nSPS) is 18.5. The monoisotopic (exact) mass is 465 g/mol. The number of rotatable bonds is 7.